The lowest BCUT2D eigenvalue weighted by Crippen LogP contribution is -2.39. The average molecular weight is 390 g/mol. The van der Waals surface area contributed by atoms with Gasteiger partial charge in [0.25, 0.3) is 0 Å². The van der Waals surface area contributed by atoms with Gasteiger partial charge >= 0.3 is 6.03 Å². The molecule has 2 aromatic carbocycles. The number of halogens is 1. The number of carbonyl (C=O) groups is 1. The summed E-state index contributed by atoms with van der Waals surface area (Å²) in [4.78, 5) is 14.7. The molecule has 0 spiro atoms. The number of carbonyl (C=O) groups excluding carboxylic acids is 1. The SMILES string of the molecule is CCN(CC)[C@H](CNC(=O)Nc1ccc2c(c1)OCO2)c1ccccc1Cl. The number of hydrogen-bond donors (Lipinski definition) is 2. The minimum atomic E-state index is -0.280. The van der Waals surface area contributed by atoms with Crippen molar-refractivity contribution in [1.29, 1.82) is 0 Å². The van der Waals surface area contributed by atoms with Crippen LogP contribution in [0.2, 0.25) is 5.02 Å². The fourth-order valence-electron chi connectivity index (χ4n) is 3.18. The van der Waals surface area contributed by atoms with Crippen molar-refractivity contribution >= 4 is 23.3 Å². The van der Waals surface area contributed by atoms with Crippen molar-refractivity contribution in [1.82, 2.24) is 10.2 Å². The summed E-state index contributed by atoms with van der Waals surface area (Å²) in [6, 6.07) is 12.8. The molecule has 27 heavy (non-hydrogen) atoms. The van der Waals surface area contributed by atoms with E-state index in [1.165, 1.54) is 0 Å². The summed E-state index contributed by atoms with van der Waals surface area (Å²) >= 11 is 6.40. The predicted molar refractivity (Wildman–Crippen MR) is 107 cm³/mol. The van der Waals surface area contributed by atoms with Gasteiger partial charge in [-0.1, -0.05) is 43.6 Å². The molecule has 1 aliphatic heterocycles. The zero-order valence-electron chi connectivity index (χ0n) is 15.5. The van der Waals surface area contributed by atoms with Gasteiger partial charge < -0.3 is 20.1 Å². The third-order valence-corrected chi connectivity index (χ3v) is 4.95. The van der Waals surface area contributed by atoms with Gasteiger partial charge in [0.2, 0.25) is 6.79 Å². The molecule has 0 aliphatic carbocycles. The molecule has 0 bridgehead atoms. The van der Waals surface area contributed by atoms with Gasteiger partial charge in [-0.05, 0) is 36.9 Å². The van der Waals surface area contributed by atoms with Crippen LogP contribution < -0.4 is 20.1 Å². The number of benzene rings is 2. The number of urea groups is 1. The Labute approximate surface area is 164 Å². The van der Waals surface area contributed by atoms with E-state index < -0.39 is 0 Å². The number of ether oxygens (including phenoxy) is 2. The molecule has 6 nitrogen and oxygen atoms in total. The van der Waals surface area contributed by atoms with Gasteiger partial charge in [0.05, 0.1) is 6.04 Å². The first kappa shape index (κ1) is 19.3. The molecule has 1 heterocycles. The fourth-order valence-corrected chi connectivity index (χ4v) is 3.45. The predicted octanol–water partition coefficient (Wildman–Crippen LogP) is 4.27. The summed E-state index contributed by atoms with van der Waals surface area (Å²) in [5.41, 5.74) is 1.65. The van der Waals surface area contributed by atoms with E-state index in [4.69, 9.17) is 21.1 Å². The van der Waals surface area contributed by atoms with Crippen LogP contribution in [0.1, 0.15) is 25.5 Å². The third kappa shape index (κ3) is 4.64. The summed E-state index contributed by atoms with van der Waals surface area (Å²) in [5.74, 6) is 1.31. The molecule has 0 saturated heterocycles. The minimum absolute atomic E-state index is 0.00351. The van der Waals surface area contributed by atoms with Crippen molar-refractivity contribution in [3.8, 4) is 11.5 Å². The molecule has 7 heteroatoms. The Hall–Kier alpha value is -2.44. The van der Waals surface area contributed by atoms with Gasteiger partial charge in [0.15, 0.2) is 11.5 Å². The highest BCUT2D eigenvalue weighted by Crippen LogP contribution is 2.34. The normalized spacial score (nSPS) is 13.5. The zero-order chi connectivity index (χ0) is 19.2. The molecule has 0 aromatic heterocycles. The lowest BCUT2D eigenvalue weighted by atomic mass is 10.0. The quantitative estimate of drug-likeness (QED) is 0.742. The Morgan fingerprint density at radius 3 is 2.63 bits per heavy atom. The van der Waals surface area contributed by atoms with Crippen LogP contribution in [0.25, 0.3) is 0 Å². The van der Waals surface area contributed by atoms with Gasteiger partial charge in [0.1, 0.15) is 0 Å². The van der Waals surface area contributed by atoms with E-state index in [2.05, 4.69) is 29.4 Å². The van der Waals surface area contributed by atoms with E-state index in [1.807, 2.05) is 24.3 Å². The lowest BCUT2D eigenvalue weighted by molar-refractivity contribution is 0.174. The topological polar surface area (TPSA) is 62.8 Å². The smallest absolute Gasteiger partial charge is 0.319 e. The summed E-state index contributed by atoms with van der Waals surface area (Å²) < 4.78 is 10.6. The Bertz CT molecular complexity index is 796. The van der Waals surface area contributed by atoms with Gasteiger partial charge in [-0.3, -0.25) is 4.90 Å². The second-order valence-corrected chi connectivity index (χ2v) is 6.57. The second kappa shape index (κ2) is 8.97. The van der Waals surface area contributed by atoms with E-state index in [9.17, 15) is 4.79 Å². The number of likely N-dealkylation sites (N-methyl/N-ethyl adjacent to an activating group) is 1. The van der Waals surface area contributed by atoms with Crippen LogP contribution in [0.5, 0.6) is 11.5 Å². The largest absolute Gasteiger partial charge is 0.454 e. The van der Waals surface area contributed by atoms with E-state index in [0.717, 1.165) is 18.7 Å². The molecule has 1 atom stereocenters. The standard InChI is InChI=1S/C20H24ClN3O3/c1-3-24(4-2)17(15-7-5-6-8-16(15)21)12-22-20(25)23-14-9-10-18-19(11-14)27-13-26-18/h5-11,17H,3-4,12-13H2,1-2H3,(H2,22,23,25)/t17-/m1/s1. The first-order valence-corrected chi connectivity index (χ1v) is 9.43. The van der Waals surface area contributed by atoms with Gasteiger partial charge in [0, 0.05) is 23.3 Å². The Morgan fingerprint density at radius 1 is 1.15 bits per heavy atom. The first-order chi connectivity index (χ1) is 13.1. The fraction of sp³-hybridized carbons (Fsp3) is 0.350. The zero-order valence-corrected chi connectivity index (χ0v) is 16.3. The molecule has 3 rings (SSSR count). The van der Waals surface area contributed by atoms with Crippen LogP contribution in [0.15, 0.2) is 42.5 Å². The highest BCUT2D eigenvalue weighted by molar-refractivity contribution is 6.31. The van der Waals surface area contributed by atoms with Crippen LogP contribution in [0, 0.1) is 0 Å². The van der Waals surface area contributed by atoms with Crippen molar-refractivity contribution in [2.45, 2.75) is 19.9 Å². The minimum Gasteiger partial charge on any atom is -0.454 e. The highest BCUT2D eigenvalue weighted by Gasteiger charge is 2.21. The molecule has 0 radical (unpaired) electrons. The maximum absolute atomic E-state index is 12.4. The number of anilines is 1. The number of nitrogens with zero attached hydrogens (tertiary/aromatic N) is 1. The average Bonchev–Trinajstić information content (AvgIpc) is 3.14. The van der Waals surface area contributed by atoms with Crippen LogP contribution in [0.3, 0.4) is 0 Å². The van der Waals surface area contributed by atoms with Crippen LogP contribution in [0.4, 0.5) is 10.5 Å². The molecule has 1 aliphatic rings. The second-order valence-electron chi connectivity index (χ2n) is 6.16. The van der Waals surface area contributed by atoms with Crippen molar-refractivity contribution in [2.75, 3.05) is 31.7 Å². The Kier molecular flexibility index (Phi) is 6.42. The van der Waals surface area contributed by atoms with Gasteiger partial charge in [-0.2, -0.15) is 0 Å². The molecule has 144 valence electrons. The van der Waals surface area contributed by atoms with E-state index in [-0.39, 0.29) is 18.9 Å². The van der Waals surface area contributed by atoms with E-state index in [1.54, 1.807) is 18.2 Å². The van der Waals surface area contributed by atoms with Gasteiger partial charge in [-0.15, -0.1) is 0 Å². The number of rotatable bonds is 7. The molecule has 2 aromatic rings. The molecular weight excluding hydrogens is 366 g/mol. The number of amides is 2. The van der Waals surface area contributed by atoms with E-state index >= 15 is 0 Å². The van der Waals surface area contributed by atoms with Crippen molar-refractivity contribution in [3.63, 3.8) is 0 Å². The van der Waals surface area contributed by atoms with Crippen LogP contribution in [-0.2, 0) is 0 Å². The monoisotopic (exact) mass is 389 g/mol. The third-order valence-electron chi connectivity index (χ3n) is 4.60. The maximum Gasteiger partial charge on any atom is 0.319 e. The maximum atomic E-state index is 12.4. The van der Waals surface area contributed by atoms with Gasteiger partial charge in [-0.25, -0.2) is 4.79 Å². The first-order valence-electron chi connectivity index (χ1n) is 9.05. The molecule has 0 fully saturated rings. The molecule has 2 N–H and O–H groups in total. The Balaban J connectivity index is 1.66. The van der Waals surface area contributed by atoms with Crippen LogP contribution in [-0.4, -0.2) is 37.4 Å². The number of nitrogens with one attached hydrogen (secondary N) is 2. The molecule has 0 unspecified atom stereocenters. The number of fused-ring (bicyclic) bond motifs is 1. The van der Waals surface area contributed by atoms with Crippen LogP contribution >= 0.6 is 11.6 Å². The van der Waals surface area contributed by atoms with Crippen molar-refractivity contribution in [2.24, 2.45) is 0 Å². The molecule has 2 amide bonds. The summed E-state index contributed by atoms with van der Waals surface area (Å²) in [7, 11) is 0. The molecule has 0 saturated carbocycles. The highest BCUT2D eigenvalue weighted by atomic mass is 35.5. The summed E-state index contributed by atoms with van der Waals surface area (Å²) in [6.07, 6.45) is 0. The Morgan fingerprint density at radius 2 is 1.89 bits per heavy atom. The van der Waals surface area contributed by atoms with E-state index in [0.29, 0.717) is 28.8 Å². The number of hydrogen-bond acceptors (Lipinski definition) is 4. The molecular formula is C20H24ClN3O3. The van der Waals surface area contributed by atoms with Crippen molar-refractivity contribution in [3.05, 3.63) is 53.1 Å². The lowest BCUT2D eigenvalue weighted by Gasteiger charge is -2.30. The summed E-state index contributed by atoms with van der Waals surface area (Å²) in [5, 5.41) is 6.48. The van der Waals surface area contributed by atoms with Crippen molar-refractivity contribution < 1.29 is 14.3 Å². The summed E-state index contributed by atoms with van der Waals surface area (Å²) in [6.45, 7) is 6.56.